The molecule has 8 nitrogen and oxygen atoms in total. The molecule has 0 radical (unpaired) electrons. The average Bonchev–Trinajstić information content (AvgIpc) is 2.89. The Morgan fingerprint density at radius 3 is 2.71 bits per heavy atom. The second kappa shape index (κ2) is 13.6. The molecule has 1 unspecified atom stereocenters. The van der Waals surface area contributed by atoms with Crippen LogP contribution < -0.4 is 16.4 Å². The first kappa shape index (κ1) is 27.2. The lowest BCUT2D eigenvalue weighted by atomic mass is 9.82. The van der Waals surface area contributed by atoms with E-state index in [2.05, 4.69) is 26.7 Å². The van der Waals surface area contributed by atoms with Gasteiger partial charge in [0, 0.05) is 44.1 Å². The van der Waals surface area contributed by atoms with E-state index >= 15 is 0 Å². The van der Waals surface area contributed by atoms with Gasteiger partial charge in [0.05, 0.1) is 28.3 Å². The maximum atomic E-state index is 9.51. The molecule has 9 heteroatoms. The number of aliphatic hydroxyl groups is 1. The van der Waals surface area contributed by atoms with E-state index in [1.807, 2.05) is 25.1 Å². The smallest absolute Gasteiger partial charge is 0.126 e. The number of nitriles is 1. The fourth-order valence-corrected chi connectivity index (χ4v) is 4.53. The molecule has 35 heavy (non-hydrogen) atoms. The van der Waals surface area contributed by atoms with Crippen LogP contribution in [0, 0.1) is 16.7 Å². The number of hydrogen-bond acceptors (Lipinski definition) is 8. The van der Waals surface area contributed by atoms with Gasteiger partial charge in [-0.1, -0.05) is 36.9 Å². The van der Waals surface area contributed by atoms with E-state index in [0.717, 1.165) is 24.9 Å². The second-order valence-electron chi connectivity index (χ2n) is 9.45. The van der Waals surface area contributed by atoms with Crippen LogP contribution in [0.25, 0.3) is 11.3 Å². The standard InChI is InChI=1S/C17H18ClN5O.C9H19NO/c18-13-9-21-15(20)8-12(13)14-2-1-3-16(23-14)22-11-17(10-19)4-6-24-7-5-17;1-8(11)7-10-9-5-3-2-4-6-9/h1-3,8-9H,4-7,11H2,(H2,20,21)(H,22,23);8-11H,2-7H2,1H3. The molecule has 2 aromatic heterocycles. The summed E-state index contributed by atoms with van der Waals surface area (Å²) in [6, 6.07) is 10.4. The molecule has 5 N–H and O–H groups in total. The fourth-order valence-electron chi connectivity index (χ4n) is 4.33. The maximum Gasteiger partial charge on any atom is 0.126 e. The van der Waals surface area contributed by atoms with Gasteiger partial charge < -0.3 is 26.2 Å². The number of aliphatic hydroxyl groups excluding tert-OH is 1. The molecule has 2 fully saturated rings. The lowest BCUT2D eigenvalue weighted by molar-refractivity contribution is 0.0455. The van der Waals surface area contributed by atoms with Gasteiger partial charge in [-0.3, -0.25) is 0 Å². The minimum absolute atomic E-state index is 0.197. The largest absolute Gasteiger partial charge is 0.392 e. The summed E-state index contributed by atoms with van der Waals surface area (Å²) in [7, 11) is 0. The molecule has 0 spiro atoms. The maximum absolute atomic E-state index is 9.51. The molecule has 190 valence electrons. The van der Waals surface area contributed by atoms with Crippen molar-refractivity contribution in [1.29, 1.82) is 5.26 Å². The van der Waals surface area contributed by atoms with E-state index in [0.29, 0.717) is 48.2 Å². The molecule has 0 amide bonds. The van der Waals surface area contributed by atoms with Crippen molar-refractivity contribution in [3.63, 3.8) is 0 Å². The number of nitrogen functional groups attached to an aromatic ring is 1. The van der Waals surface area contributed by atoms with E-state index in [1.54, 1.807) is 6.07 Å². The Balaban J connectivity index is 0.000000261. The van der Waals surface area contributed by atoms with Crippen LogP contribution in [-0.4, -0.2) is 53.5 Å². The second-order valence-corrected chi connectivity index (χ2v) is 9.85. The predicted octanol–water partition coefficient (Wildman–Crippen LogP) is 4.40. The molecule has 1 aliphatic carbocycles. The van der Waals surface area contributed by atoms with Crippen molar-refractivity contribution in [2.45, 2.75) is 64.0 Å². The summed E-state index contributed by atoms with van der Waals surface area (Å²) in [6.45, 7) is 4.36. The van der Waals surface area contributed by atoms with Gasteiger partial charge >= 0.3 is 0 Å². The highest BCUT2D eigenvalue weighted by Crippen LogP contribution is 2.31. The van der Waals surface area contributed by atoms with Gasteiger partial charge in [-0.15, -0.1) is 0 Å². The van der Waals surface area contributed by atoms with Crippen LogP contribution in [0.3, 0.4) is 0 Å². The number of halogens is 1. The van der Waals surface area contributed by atoms with E-state index in [-0.39, 0.29) is 6.10 Å². The Labute approximate surface area is 213 Å². The number of anilines is 2. The third-order valence-electron chi connectivity index (χ3n) is 6.50. The molecule has 1 aliphatic heterocycles. The number of nitrogens with one attached hydrogen (secondary N) is 2. The molecule has 1 saturated heterocycles. The van der Waals surface area contributed by atoms with Crippen LogP contribution in [0.15, 0.2) is 30.5 Å². The monoisotopic (exact) mass is 500 g/mol. The highest BCUT2D eigenvalue weighted by Gasteiger charge is 2.32. The van der Waals surface area contributed by atoms with E-state index in [1.165, 1.54) is 38.3 Å². The lowest BCUT2D eigenvalue weighted by Crippen LogP contribution is -2.35. The van der Waals surface area contributed by atoms with Gasteiger partial charge in [-0.05, 0) is 50.8 Å². The first-order valence-electron chi connectivity index (χ1n) is 12.4. The molecule has 4 rings (SSSR count). The highest BCUT2D eigenvalue weighted by molar-refractivity contribution is 6.33. The fraction of sp³-hybridized carbons (Fsp3) is 0.577. The normalized spacial score (nSPS) is 18.6. The SMILES string of the molecule is CC(O)CNC1CCCCC1.N#CC1(CNc2cccc(-c3cc(N)ncc3Cl)n2)CCOCC1. The first-order chi connectivity index (χ1) is 16.9. The van der Waals surface area contributed by atoms with E-state index < -0.39 is 5.41 Å². The highest BCUT2D eigenvalue weighted by atomic mass is 35.5. The van der Waals surface area contributed by atoms with Gasteiger partial charge in [0.25, 0.3) is 0 Å². The number of nitrogens with zero attached hydrogens (tertiary/aromatic N) is 3. The Morgan fingerprint density at radius 2 is 2.03 bits per heavy atom. The zero-order valence-corrected chi connectivity index (χ0v) is 21.2. The minimum Gasteiger partial charge on any atom is -0.392 e. The number of rotatable bonds is 7. The van der Waals surface area contributed by atoms with Crippen LogP contribution in [-0.2, 0) is 4.74 Å². The molecule has 2 aliphatic rings. The summed E-state index contributed by atoms with van der Waals surface area (Å²) in [4.78, 5) is 8.53. The van der Waals surface area contributed by atoms with Gasteiger partial charge in [0.2, 0.25) is 0 Å². The Kier molecular flexibility index (Phi) is 10.5. The molecular formula is C26H37ClN6O2. The van der Waals surface area contributed by atoms with Gasteiger partial charge in [0.15, 0.2) is 0 Å². The van der Waals surface area contributed by atoms with Crippen LogP contribution in [0.2, 0.25) is 5.02 Å². The molecule has 2 aromatic rings. The summed E-state index contributed by atoms with van der Waals surface area (Å²) >= 11 is 6.19. The third kappa shape index (κ3) is 8.62. The predicted molar refractivity (Wildman–Crippen MR) is 140 cm³/mol. The Bertz CT molecular complexity index is 969. The summed E-state index contributed by atoms with van der Waals surface area (Å²) in [5, 5.41) is 25.7. The summed E-state index contributed by atoms with van der Waals surface area (Å²) in [5.41, 5.74) is 6.76. The van der Waals surface area contributed by atoms with Crippen molar-refractivity contribution >= 4 is 23.2 Å². The van der Waals surface area contributed by atoms with Crippen molar-refractivity contribution in [3.05, 3.63) is 35.5 Å². The molecule has 3 heterocycles. The van der Waals surface area contributed by atoms with Crippen LogP contribution in [0.1, 0.15) is 51.9 Å². The van der Waals surface area contributed by atoms with Crippen LogP contribution >= 0.6 is 11.6 Å². The molecule has 1 saturated carbocycles. The number of aromatic nitrogens is 2. The summed E-state index contributed by atoms with van der Waals surface area (Å²) < 4.78 is 5.35. The summed E-state index contributed by atoms with van der Waals surface area (Å²) in [5.74, 6) is 1.08. The number of nitrogens with two attached hydrogens (primary N) is 1. The number of pyridine rings is 2. The van der Waals surface area contributed by atoms with Gasteiger partial charge in [0.1, 0.15) is 11.6 Å². The van der Waals surface area contributed by atoms with Crippen LogP contribution in [0.4, 0.5) is 11.6 Å². The minimum atomic E-state index is -0.408. The van der Waals surface area contributed by atoms with E-state index in [4.69, 9.17) is 27.2 Å². The van der Waals surface area contributed by atoms with Gasteiger partial charge in [-0.25, -0.2) is 9.97 Å². The lowest BCUT2D eigenvalue weighted by Gasteiger charge is -2.30. The van der Waals surface area contributed by atoms with Crippen molar-refractivity contribution in [2.24, 2.45) is 5.41 Å². The van der Waals surface area contributed by atoms with E-state index in [9.17, 15) is 5.26 Å². The molecule has 0 aromatic carbocycles. The third-order valence-corrected chi connectivity index (χ3v) is 6.80. The van der Waals surface area contributed by atoms with Crippen molar-refractivity contribution in [2.75, 3.05) is 37.4 Å². The number of ether oxygens (including phenoxy) is 1. The van der Waals surface area contributed by atoms with Crippen molar-refractivity contribution < 1.29 is 9.84 Å². The topological polar surface area (TPSA) is 129 Å². The van der Waals surface area contributed by atoms with Crippen LogP contribution in [0.5, 0.6) is 0 Å². The van der Waals surface area contributed by atoms with Gasteiger partial charge in [-0.2, -0.15) is 5.26 Å². The molecular weight excluding hydrogens is 464 g/mol. The zero-order valence-electron chi connectivity index (χ0n) is 20.5. The number of hydrogen-bond donors (Lipinski definition) is 4. The van der Waals surface area contributed by atoms with Crippen molar-refractivity contribution in [3.8, 4) is 17.3 Å². The summed E-state index contributed by atoms with van der Waals surface area (Å²) in [6.07, 6.45) is 9.48. The zero-order chi connectivity index (χ0) is 25.1. The quantitative estimate of drug-likeness (QED) is 0.440. The Morgan fingerprint density at radius 1 is 1.29 bits per heavy atom. The van der Waals surface area contributed by atoms with Crippen molar-refractivity contribution in [1.82, 2.24) is 15.3 Å². The molecule has 0 bridgehead atoms. The Hall–Kier alpha value is -2.44. The average molecular weight is 501 g/mol. The first-order valence-corrected chi connectivity index (χ1v) is 12.8. The molecule has 1 atom stereocenters.